The van der Waals surface area contributed by atoms with Crippen molar-refractivity contribution >= 4 is 5.97 Å². The molecule has 0 amide bonds. The first-order valence-corrected chi connectivity index (χ1v) is 8.62. The molecule has 0 saturated heterocycles. The van der Waals surface area contributed by atoms with E-state index in [1.54, 1.807) is 0 Å². The summed E-state index contributed by atoms with van der Waals surface area (Å²) in [5, 5.41) is 0. The van der Waals surface area contributed by atoms with E-state index in [-0.39, 0.29) is 25.9 Å². The summed E-state index contributed by atoms with van der Waals surface area (Å²) < 4.78 is 36.9. The molecular weight excluding hydrogens is 344 g/mol. The molecule has 0 saturated carbocycles. The second-order valence-electron chi connectivity index (χ2n) is 5.19. The van der Waals surface area contributed by atoms with Gasteiger partial charge in [-0.1, -0.05) is 13.2 Å². The molecule has 0 fully saturated rings. The van der Waals surface area contributed by atoms with Gasteiger partial charge in [-0.15, -0.1) is 0 Å². The van der Waals surface area contributed by atoms with Crippen molar-refractivity contribution < 1.29 is 38.0 Å². The van der Waals surface area contributed by atoms with Crippen LogP contribution < -0.4 is 0 Å². The minimum Gasteiger partial charge on any atom is -0.471 e. The van der Waals surface area contributed by atoms with E-state index < -0.39 is 12.3 Å². The number of hydrogen-bond acceptors (Lipinski definition) is 8. The molecule has 26 heavy (non-hydrogen) atoms. The van der Waals surface area contributed by atoms with Gasteiger partial charge in [-0.2, -0.15) is 0 Å². The van der Waals surface area contributed by atoms with E-state index in [1.165, 1.54) is 6.26 Å². The van der Waals surface area contributed by atoms with Gasteiger partial charge in [0.1, 0.15) is 13.2 Å². The average molecular weight is 376 g/mol. The van der Waals surface area contributed by atoms with Gasteiger partial charge in [0, 0.05) is 6.08 Å². The number of ether oxygens (including phenoxy) is 7. The summed E-state index contributed by atoms with van der Waals surface area (Å²) in [7, 11) is 0. The lowest BCUT2D eigenvalue weighted by Crippen LogP contribution is -2.25. The Labute approximate surface area is 156 Å². The van der Waals surface area contributed by atoms with Crippen LogP contribution in [0.1, 0.15) is 13.8 Å². The zero-order chi connectivity index (χ0) is 19.5. The average Bonchev–Trinajstić information content (AvgIpc) is 2.62. The van der Waals surface area contributed by atoms with Crippen molar-refractivity contribution in [1.29, 1.82) is 0 Å². The van der Waals surface area contributed by atoms with Crippen molar-refractivity contribution in [3.05, 3.63) is 25.5 Å². The van der Waals surface area contributed by atoms with Crippen LogP contribution >= 0.6 is 0 Å². The second kappa shape index (κ2) is 18.3. The third-order valence-electron chi connectivity index (χ3n) is 2.72. The zero-order valence-electron chi connectivity index (χ0n) is 15.9. The lowest BCUT2D eigenvalue weighted by atomic mass is 10.5. The lowest BCUT2D eigenvalue weighted by Gasteiger charge is -2.17. The fourth-order valence-electron chi connectivity index (χ4n) is 1.58. The Hall–Kier alpha value is -1.45. The summed E-state index contributed by atoms with van der Waals surface area (Å²) in [6.45, 7) is 14.1. The number of carbonyl (C=O) groups excluding carboxylic acids is 1. The van der Waals surface area contributed by atoms with Gasteiger partial charge in [-0.3, -0.25) is 0 Å². The molecule has 0 aromatic rings. The Kier molecular flexibility index (Phi) is 17.3. The van der Waals surface area contributed by atoms with Crippen molar-refractivity contribution in [2.45, 2.75) is 26.2 Å². The van der Waals surface area contributed by atoms with Crippen LogP contribution in [-0.4, -0.2) is 77.8 Å². The second-order valence-corrected chi connectivity index (χ2v) is 5.19. The molecule has 0 N–H and O–H groups in total. The zero-order valence-corrected chi connectivity index (χ0v) is 15.9. The highest BCUT2D eigenvalue weighted by atomic mass is 16.7. The third-order valence-corrected chi connectivity index (χ3v) is 2.72. The summed E-state index contributed by atoms with van der Waals surface area (Å²) in [5.74, 6) is -0.489. The van der Waals surface area contributed by atoms with Crippen molar-refractivity contribution in [3.8, 4) is 0 Å². The van der Waals surface area contributed by atoms with E-state index in [1.807, 2.05) is 13.8 Å². The van der Waals surface area contributed by atoms with E-state index in [9.17, 15) is 4.79 Å². The van der Waals surface area contributed by atoms with Gasteiger partial charge < -0.3 is 33.2 Å². The molecule has 0 heterocycles. The van der Waals surface area contributed by atoms with Crippen molar-refractivity contribution in [2.75, 3.05) is 59.5 Å². The third kappa shape index (κ3) is 17.4. The Morgan fingerprint density at radius 3 is 2.00 bits per heavy atom. The molecule has 0 aliphatic rings. The van der Waals surface area contributed by atoms with Crippen LogP contribution in [0.25, 0.3) is 0 Å². The molecule has 0 aromatic heterocycles. The molecule has 0 bridgehead atoms. The molecule has 0 spiro atoms. The summed E-state index contributed by atoms with van der Waals surface area (Å²) in [4.78, 5) is 10.9. The van der Waals surface area contributed by atoms with E-state index >= 15 is 0 Å². The highest BCUT2D eigenvalue weighted by molar-refractivity contribution is 5.81. The van der Waals surface area contributed by atoms with Crippen LogP contribution in [0.3, 0.4) is 0 Å². The van der Waals surface area contributed by atoms with Crippen LogP contribution in [0.15, 0.2) is 25.5 Å². The van der Waals surface area contributed by atoms with E-state index in [0.717, 1.165) is 6.08 Å². The minimum atomic E-state index is -0.601. The van der Waals surface area contributed by atoms with Crippen LogP contribution in [0.2, 0.25) is 0 Å². The van der Waals surface area contributed by atoms with Crippen LogP contribution in [0.5, 0.6) is 0 Å². The molecular formula is C18H32O8. The first-order chi connectivity index (χ1) is 12.6. The minimum absolute atomic E-state index is 0.136. The molecule has 8 heteroatoms. The number of carbonyl (C=O) groups is 1. The Bertz CT molecular complexity index is 359. The Morgan fingerprint density at radius 1 is 0.846 bits per heavy atom. The van der Waals surface area contributed by atoms with Gasteiger partial charge in [-0.25, -0.2) is 4.79 Å². The van der Waals surface area contributed by atoms with E-state index in [2.05, 4.69) is 13.2 Å². The Morgan fingerprint density at radius 2 is 1.42 bits per heavy atom. The van der Waals surface area contributed by atoms with Crippen molar-refractivity contribution in [1.82, 2.24) is 0 Å². The van der Waals surface area contributed by atoms with Crippen LogP contribution in [0.4, 0.5) is 0 Å². The van der Waals surface area contributed by atoms with Gasteiger partial charge in [0.2, 0.25) is 6.29 Å². The lowest BCUT2D eigenvalue weighted by molar-refractivity contribution is -0.156. The highest BCUT2D eigenvalue weighted by Gasteiger charge is 2.09. The maximum absolute atomic E-state index is 10.9. The fraction of sp³-hybridized carbons (Fsp3) is 0.722. The van der Waals surface area contributed by atoms with Gasteiger partial charge in [0.05, 0.1) is 58.6 Å². The van der Waals surface area contributed by atoms with Crippen LogP contribution in [0, 0.1) is 0 Å². The van der Waals surface area contributed by atoms with Crippen LogP contribution in [-0.2, 0) is 38.0 Å². The standard InChI is InChI=1S/C18H32O8/c1-5-17(19)25-13-11-22-15-18(23-6-2)26-14-10-21-8-7-20-9-12-24-16(3)4/h5-6,16,18H,1-2,7-15H2,3-4H3. The van der Waals surface area contributed by atoms with E-state index in [4.69, 9.17) is 33.2 Å². The molecule has 0 rings (SSSR count). The Balaban J connectivity index is 3.52. The topological polar surface area (TPSA) is 81.7 Å². The van der Waals surface area contributed by atoms with E-state index in [0.29, 0.717) is 39.6 Å². The highest BCUT2D eigenvalue weighted by Crippen LogP contribution is 1.98. The molecule has 0 aromatic carbocycles. The number of rotatable bonds is 19. The van der Waals surface area contributed by atoms with Crippen molar-refractivity contribution in [3.63, 3.8) is 0 Å². The summed E-state index contributed by atoms with van der Waals surface area (Å²) in [5.41, 5.74) is 0. The van der Waals surface area contributed by atoms with Crippen molar-refractivity contribution in [2.24, 2.45) is 0 Å². The quantitative estimate of drug-likeness (QED) is 0.111. The normalized spacial score (nSPS) is 12.0. The van der Waals surface area contributed by atoms with Gasteiger partial charge in [-0.05, 0) is 13.8 Å². The summed E-state index contributed by atoms with van der Waals surface area (Å²) >= 11 is 0. The van der Waals surface area contributed by atoms with Gasteiger partial charge >= 0.3 is 5.97 Å². The van der Waals surface area contributed by atoms with Gasteiger partial charge in [0.25, 0.3) is 0 Å². The number of esters is 1. The molecule has 8 nitrogen and oxygen atoms in total. The number of hydrogen-bond donors (Lipinski definition) is 0. The SMILES string of the molecule is C=COC(COCCOC(=O)C=C)OCCOCCOCCOC(C)C. The summed E-state index contributed by atoms with van der Waals surface area (Å²) in [6.07, 6.45) is 1.98. The maximum Gasteiger partial charge on any atom is 0.330 e. The molecule has 0 aliphatic carbocycles. The predicted octanol–water partition coefficient (Wildman–Crippen LogP) is 1.69. The largest absolute Gasteiger partial charge is 0.471 e. The monoisotopic (exact) mass is 376 g/mol. The molecule has 1 atom stereocenters. The van der Waals surface area contributed by atoms with Gasteiger partial charge in [0.15, 0.2) is 0 Å². The smallest absolute Gasteiger partial charge is 0.330 e. The maximum atomic E-state index is 10.9. The molecule has 0 radical (unpaired) electrons. The predicted molar refractivity (Wildman–Crippen MR) is 95.7 cm³/mol. The summed E-state index contributed by atoms with van der Waals surface area (Å²) in [6, 6.07) is 0. The first-order valence-electron chi connectivity index (χ1n) is 8.62. The molecule has 0 aliphatic heterocycles. The molecule has 152 valence electrons. The molecule has 1 unspecified atom stereocenters. The fourth-order valence-corrected chi connectivity index (χ4v) is 1.58. The first kappa shape index (κ1) is 24.6.